The number of rotatable bonds is 8. The van der Waals surface area contributed by atoms with Crippen LogP contribution in [0.1, 0.15) is 31.2 Å². The predicted octanol–water partition coefficient (Wildman–Crippen LogP) is 3.64. The van der Waals surface area contributed by atoms with E-state index in [4.69, 9.17) is 16.3 Å². The van der Waals surface area contributed by atoms with Crippen molar-refractivity contribution in [3.63, 3.8) is 0 Å². The highest BCUT2D eigenvalue weighted by atomic mass is 35.5. The normalized spacial score (nSPS) is 17.5. The number of sulfonamides is 1. The molecule has 1 heterocycles. The molecule has 1 aliphatic rings. The molecule has 0 aliphatic carbocycles. The Bertz CT molecular complexity index is 963. The van der Waals surface area contributed by atoms with Gasteiger partial charge in [-0.1, -0.05) is 36.2 Å². The van der Waals surface area contributed by atoms with Gasteiger partial charge in [-0.25, -0.2) is 8.42 Å². The average Bonchev–Trinajstić information content (AvgIpc) is 2.74. The van der Waals surface area contributed by atoms with Crippen molar-refractivity contribution >= 4 is 27.5 Å². The van der Waals surface area contributed by atoms with Crippen molar-refractivity contribution in [1.29, 1.82) is 0 Å². The van der Waals surface area contributed by atoms with Gasteiger partial charge in [0.25, 0.3) is 0 Å². The number of ether oxygens (including phenoxy) is 1. The second-order valence-corrected chi connectivity index (χ2v) is 9.66. The third-order valence-electron chi connectivity index (χ3n) is 5.32. The third kappa shape index (κ3) is 5.53. The number of hydrogen-bond donors (Lipinski definition) is 1. The van der Waals surface area contributed by atoms with Crippen molar-refractivity contribution in [1.82, 2.24) is 9.62 Å². The second kappa shape index (κ2) is 10.3. The molecule has 1 aliphatic heterocycles. The molecular weight excluding hydrogens is 424 g/mol. The van der Waals surface area contributed by atoms with Gasteiger partial charge < -0.3 is 10.1 Å². The molecular formula is C22H27ClN2O4S. The summed E-state index contributed by atoms with van der Waals surface area (Å²) < 4.78 is 33.0. The Balaban J connectivity index is 1.61. The number of nitrogens with one attached hydrogen (secondary N) is 1. The molecule has 3 rings (SSSR count). The number of piperidine rings is 1. The fourth-order valence-corrected chi connectivity index (χ4v) is 5.59. The van der Waals surface area contributed by atoms with Gasteiger partial charge in [-0.05, 0) is 55.2 Å². The molecule has 2 aromatic carbocycles. The Morgan fingerprint density at radius 2 is 1.90 bits per heavy atom. The molecule has 2 aromatic rings. The maximum atomic E-state index is 13.1. The van der Waals surface area contributed by atoms with Gasteiger partial charge in [0, 0.05) is 30.6 Å². The lowest BCUT2D eigenvalue weighted by Gasteiger charge is -2.34. The molecule has 0 bridgehead atoms. The van der Waals surface area contributed by atoms with Crippen LogP contribution in [-0.4, -0.2) is 44.9 Å². The Hall–Kier alpha value is -2.09. The van der Waals surface area contributed by atoms with Gasteiger partial charge in [-0.3, -0.25) is 4.79 Å². The average molecular weight is 451 g/mol. The Kier molecular flexibility index (Phi) is 7.75. The zero-order valence-electron chi connectivity index (χ0n) is 17.0. The molecule has 0 aromatic heterocycles. The lowest BCUT2D eigenvalue weighted by Crippen LogP contribution is -2.46. The largest absolute Gasteiger partial charge is 0.496 e. The summed E-state index contributed by atoms with van der Waals surface area (Å²) in [6.45, 7) is 0.889. The van der Waals surface area contributed by atoms with E-state index in [1.165, 1.54) is 16.4 Å². The fraction of sp³-hybridized carbons (Fsp3) is 0.409. The van der Waals surface area contributed by atoms with E-state index in [0.717, 1.165) is 24.2 Å². The van der Waals surface area contributed by atoms with E-state index >= 15 is 0 Å². The number of para-hydroxylation sites is 1. The lowest BCUT2D eigenvalue weighted by atomic mass is 10.0. The molecule has 1 unspecified atom stereocenters. The van der Waals surface area contributed by atoms with E-state index in [-0.39, 0.29) is 23.3 Å². The molecule has 8 heteroatoms. The SMILES string of the molecule is COc1ccccc1CCNC(=O)CC1CCCCN1S(=O)(=O)c1ccc(Cl)cc1. The molecule has 1 atom stereocenters. The molecule has 1 N–H and O–H groups in total. The van der Waals surface area contributed by atoms with Gasteiger partial charge in [-0.2, -0.15) is 4.31 Å². The fourth-order valence-electron chi connectivity index (χ4n) is 3.77. The van der Waals surface area contributed by atoms with Crippen LogP contribution in [0.3, 0.4) is 0 Å². The number of carbonyl (C=O) groups is 1. The number of hydrogen-bond acceptors (Lipinski definition) is 4. The number of halogens is 1. The van der Waals surface area contributed by atoms with E-state index < -0.39 is 10.0 Å². The van der Waals surface area contributed by atoms with E-state index in [2.05, 4.69) is 5.32 Å². The standard InChI is InChI=1S/C22H27ClN2O4S/c1-29-21-8-3-2-6-17(21)13-14-24-22(26)16-19-7-4-5-15-25(19)30(27,28)20-11-9-18(23)10-12-20/h2-3,6,8-12,19H,4-5,7,13-16H2,1H3,(H,24,26). The maximum absolute atomic E-state index is 13.1. The summed E-state index contributed by atoms with van der Waals surface area (Å²) in [5.74, 6) is 0.646. The summed E-state index contributed by atoms with van der Waals surface area (Å²) in [4.78, 5) is 12.7. The Morgan fingerprint density at radius 3 is 2.63 bits per heavy atom. The van der Waals surface area contributed by atoms with Gasteiger partial charge in [0.1, 0.15) is 5.75 Å². The number of carbonyl (C=O) groups excluding carboxylic acids is 1. The van der Waals surface area contributed by atoms with Gasteiger partial charge in [-0.15, -0.1) is 0 Å². The van der Waals surface area contributed by atoms with Crippen LogP contribution in [-0.2, 0) is 21.2 Å². The third-order valence-corrected chi connectivity index (χ3v) is 7.54. The molecule has 1 fully saturated rings. The summed E-state index contributed by atoms with van der Waals surface area (Å²) in [5.41, 5.74) is 1.02. The van der Waals surface area contributed by atoms with Crippen molar-refractivity contribution in [3.05, 3.63) is 59.1 Å². The first-order valence-corrected chi connectivity index (χ1v) is 11.9. The highest BCUT2D eigenvalue weighted by molar-refractivity contribution is 7.89. The zero-order chi connectivity index (χ0) is 21.6. The first-order chi connectivity index (χ1) is 14.4. The van der Waals surface area contributed by atoms with Crippen molar-refractivity contribution < 1.29 is 17.9 Å². The number of amides is 1. The van der Waals surface area contributed by atoms with Gasteiger partial charge in [0.15, 0.2) is 0 Å². The van der Waals surface area contributed by atoms with Crippen LogP contribution in [0.2, 0.25) is 5.02 Å². The monoisotopic (exact) mass is 450 g/mol. The molecule has 30 heavy (non-hydrogen) atoms. The molecule has 1 amide bonds. The van der Waals surface area contributed by atoms with E-state index in [9.17, 15) is 13.2 Å². The highest BCUT2D eigenvalue weighted by Gasteiger charge is 2.34. The minimum Gasteiger partial charge on any atom is -0.496 e. The summed E-state index contributed by atoms with van der Waals surface area (Å²) >= 11 is 5.89. The molecule has 0 spiro atoms. The summed E-state index contributed by atoms with van der Waals surface area (Å²) in [7, 11) is -2.05. The van der Waals surface area contributed by atoms with E-state index in [0.29, 0.717) is 31.0 Å². The minimum absolute atomic E-state index is 0.145. The van der Waals surface area contributed by atoms with E-state index in [1.54, 1.807) is 19.2 Å². The highest BCUT2D eigenvalue weighted by Crippen LogP contribution is 2.27. The maximum Gasteiger partial charge on any atom is 0.243 e. The minimum atomic E-state index is -3.67. The smallest absolute Gasteiger partial charge is 0.243 e. The summed E-state index contributed by atoms with van der Waals surface area (Å²) in [5, 5.41) is 3.40. The Morgan fingerprint density at radius 1 is 1.17 bits per heavy atom. The molecule has 0 saturated carbocycles. The van der Waals surface area contributed by atoms with Crippen molar-refractivity contribution in [2.45, 2.75) is 43.0 Å². The van der Waals surface area contributed by atoms with Crippen LogP contribution in [0.5, 0.6) is 5.75 Å². The predicted molar refractivity (Wildman–Crippen MR) is 117 cm³/mol. The Labute approximate surface area is 183 Å². The summed E-state index contributed by atoms with van der Waals surface area (Å²) in [6, 6.07) is 13.5. The summed E-state index contributed by atoms with van der Waals surface area (Å²) in [6.07, 6.45) is 3.17. The zero-order valence-corrected chi connectivity index (χ0v) is 18.6. The molecule has 0 radical (unpaired) electrons. The van der Waals surface area contributed by atoms with Gasteiger partial charge in [0.05, 0.1) is 12.0 Å². The molecule has 162 valence electrons. The van der Waals surface area contributed by atoms with Crippen LogP contribution in [0, 0.1) is 0 Å². The van der Waals surface area contributed by atoms with Crippen molar-refractivity contribution in [3.8, 4) is 5.75 Å². The molecule has 6 nitrogen and oxygen atoms in total. The first-order valence-electron chi connectivity index (χ1n) is 10.1. The van der Waals surface area contributed by atoms with Crippen molar-refractivity contribution in [2.75, 3.05) is 20.2 Å². The number of methoxy groups -OCH3 is 1. The van der Waals surface area contributed by atoms with Crippen LogP contribution < -0.4 is 10.1 Å². The first kappa shape index (κ1) is 22.6. The van der Waals surface area contributed by atoms with E-state index in [1.807, 2.05) is 24.3 Å². The van der Waals surface area contributed by atoms with Gasteiger partial charge in [0.2, 0.25) is 15.9 Å². The second-order valence-electron chi connectivity index (χ2n) is 7.34. The van der Waals surface area contributed by atoms with Crippen molar-refractivity contribution in [2.24, 2.45) is 0 Å². The number of benzene rings is 2. The molecule has 1 saturated heterocycles. The van der Waals surface area contributed by atoms with Crippen LogP contribution in [0.15, 0.2) is 53.4 Å². The lowest BCUT2D eigenvalue weighted by molar-refractivity contribution is -0.122. The van der Waals surface area contributed by atoms with Gasteiger partial charge >= 0.3 is 0 Å². The van der Waals surface area contributed by atoms with Crippen LogP contribution >= 0.6 is 11.6 Å². The number of nitrogens with zero attached hydrogens (tertiary/aromatic N) is 1. The quantitative estimate of drug-likeness (QED) is 0.666. The van der Waals surface area contributed by atoms with Crippen LogP contribution in [0.4, 0.5) is 0 Å². The topological polar surface area (TPSA) is 75.7 Å². The van der Waals surface area contributed by atoms with Crippen LogP contribution in [0.25, 0.3) is 0 Å².